The van der Waals surface area contributed by atoms with E-state index in [0.29, 0.717) is 10.8 Å². The van der Waals surface area contributed by atoms with Gasteiger partial charge in [0.15, 0.2) is 0 Å². The Hall–Kier alpha value is -1.83. The van der Waals surface area contributed by atoms with Crippen molar-refractivity contribution in [3.63, 3.8) is 0 Å². The highest BCUT2D eigenvalue weighted by Crippen LogP contribution is 2.20. The van der Waals surface area contributed by atoms with Gasteiger partial charge in [-0.1, -0.05) is 18.3 Å². The molecule has 1 N–H and O–H groups in total. The molecule has 1 atom stereocenters. The standard InChI is InChI=1S/C12H16N6OS/c1-7(2)11-16-15-10-4-3-8(6-18(10)11)14-12(19)9-5-13-17-20-9/h5,7-8H,3-4,6H2,1-2H3,(H,14,19)/t8-/m0/s1. The number of hydrogen-bond acceptors (Lipinski definition) is 6. The molecule has 7 nitrogen and oxygen atoms in total. The molecule has 0 bridgehead atoms. The Morgan fingerprint density at radius 1 is 1.50 bits per heavy atom. The summed E-state index contributed by atoms with van der Waals surface area (Å²) < 4.78 is 5.84. The van der Waals surface area contributed by atoms with E-state index in [9.17, 15) is 4.79 Å². The van der Waals surface area contributed by atoms with Crippen molar-refractivity contribution >= 4 is 17.4 Å². The van der Waals surface area contributed by atoms with E-state index < -0.39 is 0 Å². The Kier molecular flexibility index (Phi) is 3.47. The molecule has 3 rings (SSSR count). The van der Waals surface area contributed by atoms with Crippen LogP contribution in [0.25, 0.3) is 0 Å². The van der Waals surface area contributed by atoms with Gasteiger partial charge in [0.1, 0.15) is 16.5 Å². The van der Waals surface area contributed by atoms with E-state index in [2.05, 4.69) is 43.5 Å². The normalized spacial score (nSPS) is 18.1. The van der Waals surface area contributed by atoms with E-state index in [1.165, 1.54) is 6.20 Å². The summed E-state index contributed by atoms with van der Waals surface area (Å²) >= 11 is 1.11. The van der Waals surface area contributed by atoms with Gasteiger partial charge >= 0.3 is 0 Å². The summed E-state index contributed by atoms with van der Waals surface area (Å²) in [5, 5.41) is 15.2. The van der Waals surface area contributed by atoms with Crippen molar-refractivity contribution in [2.45, 2.75) is 45.2 Å². The Morgan fingerprint density at radius 2 is 2.35 bits per heavy atom. The Balaban J connectivity index is 1.72. The van der Waals surface area contributed by atoms with Crippen molar-refractivity contribution in [2.24, 2.45) is 0 Å². The van der Waals surface area contributed by atoms with E-state index in [1.54, 1.807) is 0 Å². The van der Waals surface area contributed by atoms with Gasteiger partial charge in [-0.2, -0.15) is 0 Å². The Bertz CT molecular complexity index is 606. The lowest BCUT2D eigenvalue weighted by Gasteiger charge is -2.25. The fraction of sp³-hybridized carbons (Fsp3) is 0.583. The molecule has 0 saturated heterocycles. The van der Waals surface area contributed by atoms with Gasteiger partial charge < -0.3 is 9.88 Å². The van der Waals surface area contributed by atoms with E-state index in [1.807, 2.05) is 0 Å². The molecule has 0 aliphatic carbocycles. The molecule has 0 radical (unpaired) electrons. The molecule has 1 amide bonds. The highest BCUT2D eigenvalue weighted by Gasteiger charge is 2.25. The zero-order valence-corrected chi connectivity index (χ0v) is 12.2. The van der Waals surface area contributed by atoms with Gasteiger partial charge in [0.2, 0.25) is 0 Å². The first kappa shape index (κ1) is 13.2. The van der Waals surface area contributed by atoms with Crippen molar-refractivity contribution in [3.8, 4) is 0 Å². The zero-order chi connectivity index (χ0) is 14.1. The van der Waals surface area contributed by atoms with Gasteiger partial charge in [0, 0.05) is 24.9 Å². The number of amides is 1. The minimum absolute atomic E-state index is 0.102. The lowest BCUT2D eigenvalue weighted by molar-refractivity contribution is 0.0931. The molecule has 0 unspecified atom stereocenters. The monoisotopic (exact) mass is 292 g/mol. The maximum absolute atomic E-state index is 12.0. The molecule has 20 heavy (non-hydrogen) atoms. The van der Waals surface area contributed by atoms with Crippen LogP contribution in [0.5, 0.6) is 0 Å². The van der Waals surface area contributed by atoms with Crippen molar-refractivity contribution in [1.29, 1.82) is 0 Å². The predicted molar refractivity (Wildman–Crippen MR) is 73.6 cm³/mol. The minimum atomic E-state index is -0.104. The molecular weight excluding hydrogens is 276 g/mol. The highest BCUT2D eigenvalue weighted by atomic mass is 32.1. The molecule has 1 aliphatic heterocycles. The quantitative estimate of drug-likeness (QED) is 0.912. The van der Waals surface area contributed by atoms with Crippen LogP contribution in [-0.2, 0) is 13.0 Å². The van der Waals surface area contributed by atoms with Gasteiger partial charge in [-0.25, -0.2) is 0 Å². The highest BCUT2D eigenvalue weighted by molar-refractivity contribution is 7.07. The van der Waals surface area contributed by atoms with Gasteiger partial charge in [-0.15, -0.1) is 15.3 Å². The fourth-order valence-electron chi connectivity index (χ4n) is 2.42. The van der Waals surface area contributed by atoms with Crippen LogP contribution in [0.3, 0.4) is 0 Å². The molecule has 106 valence electrons. The van der Waals surface area contributed by atoms with Crippen molar-refractivity contribution in [2.75, 3.05) is 0 Å². The van der Waals surface area contributed by atoms with Gasteiger partial charge in [-0.3, -0.25) is 4.79 Å². The summed E-state index contributed by atoms with van der Waals surface area (Å²) in [5.41, 5.74) is 0. The average Bonchev–Trinajstić information content (AvgIpc) is 3.07. The summed E-state index contributed by atoms with van der Waals surface area (Å²) in [6.45, 7) is 4.93. The van der Waals surface area contributed by atoms with Gasteiger partial charge in [0.25, 0.3) is 5.91 Å². The number of carbonyl (C=O) groups is 1. The largest absolute Gasteiger partial charge is 0.347 e. The van der Waals surface area contributed by atoms with Crippen LogP contribution in [0.1, 0.15) is 47.5 Å². The maximum Gasteiger partial charge on any atom is 0.264 e. The molecule has 8 heteroatoms. The van der Waals surface area contributed by atoms with Crippen LogP contribution in [0, 0.1) is 0 Å². The second-order valence-corrected chi connectivity index (χ2v) is 6.02. The molecule has 2 aromatic heterocycles. The van der Waals surface area contributed by atoms with Crippen molar-refractivity contribution in [3.05, 3.63) is 22.7 Å². The summed E-state index contributed by atoms with van der Waals surface area (Å²) in [6, 6.07) is 0.102. The van der Waals surface area contributed by atoms with E-state index in [0.717, 1.165) is 42.6 Å². The zero-order valence-electron chi connectivity index (χ0n) is 11.4. The van der Waals surface area contributed by atoms with Crippen LogP contribution in [-0.4, -0.2) is 36.3 Å². The number of hydrogen-bond donors (Lipinski definition) is 1. The van der Waals surface area contributed by atoms with Crippen LogP contribution >= 0.6 is 11.5 Å². The summed E-state index contributed by atoms with van der Waals surface area (Å²) in [6.07, 6.45) is 3.21. The lowest BCUT2D eigenvalue weighted by Crippen LogP contribution is -2.41. The maximum atomic E-state index is 12.0. The van der Waals surface area contributed by atoms with Crippen molar-refractivity contribution < 1.29 is 4.79 Å². The van der Waals surface area contributed by atoms with Crippen LogP contribution in [0.4, 0.5) is 0 Å². The number of nitrogens with one attached hydrogen (secondary N) is 1. The number of nitrogens with zero attached hydrogens (tertiary/aromatic N) is 5. The molecule has 1 aliphatic rings. The molecule has 0 saturated carbocycles. The Labute approximate surface area is 120 Å². The molecule has 0 spiro atoms. The predicted octanol–water partition coefficient (Wildman–Crippen LogP) is 0.998. The van der Waals surface area contributed by atoms with E-state index in [4.69, 9.17) is 0 Å². The molecular formula is C12H16N6OS. The number of rotatable bonds is 3. The number of aromatic nitrogens is 5. The van der Waals surface area contributed by atoms with E-state index in [-0.39, 0.29) is 11.9 Å². The first-order chi connectivity index (χ1) is 9.65. The summed E-state index contributed by atoms with van der Waals surface area (Å²) in [7, 11) is 0. The van der Waals surface area contributed by atoms with Gasteiger partial charge in [0.05, 0.1) is 6.20 Å². The van der Waals surface area contributed by atoms with Crippen LogP contribution in [0.15, 0.2) is 6.20 Å². The van der Waals surface area contributed by atoms with Crippen molar-refractivity contribution in [1.82, 2.24) is 29.7 Å². The topological polar surface area (TPSA) is 85.6 Å². The third-order valence-electron chi connectivity index (χ3n) is 3.41. The third kappa shape index (κ3) is 2.43. The number of aryl methyl sites for hydroxylation is 1. The smallest absolute Gasteiger partial charge is 0.264 e. The summed E-state index contributed by atoms with van der Waals surface area (Å²) in [4.78, 5) is 12.6. The average molecular weight is 292 g/mol. The second kappa shape index (κ2) is 5.28. The lowest BCUT2D eigenvalue weighted by atomic mass is 10.1. The van der Waals surface area contributed by atoms with E-state index >= 15 is 0 Å². The van der Waals surface area contributed by atoms with Crippen LogP contribution in [0.2, 0.25) is 0 Å². The minimum Gasteiger partial charge on any atom is -0.347 e. The number of carbonyl (C=O) groups excluding carboxylic acids is 1. The third-order valence-corrected chi connectivity index (χ3v) is 4.08. The molecule has 2 aromatic rings. The first-order valence-electron chi connectivity index (χ1n) is 6.65. The fourth-order valence-corrected chi connectivity index (χ4v) is 2.84. The molecule has 0 aromatic carbocycles. The van der Waals surface area contributed by atoms with Gasteiger partial charge in [-0.05, 0) is 18.0 Å². The Morgan fingerprint density at radius 3 is 3.05 bits per heavy atom. The molecule has 0 fully saturated rings. The number of fused-ring (bicyclic) bond motifs is 1. The molecule has 3 heterocycles. The SMILES string of the molecule is CC(C)c1nnc2n1C[C@@H](NC(=O)c1cnns1)CC2. The first-order valence-corrected chi connectivity index (χ1v) is 7.42. The second-order valence-electron chi connectivity index (χ2n) is 5.23. The summed E-state index contributed by atoms with van der Waals surface area (Å²) in [5.74, 6) is 2.22. The van der Waals surface area contributed by atoms with Crippen LogP contribution < -0.4 is 5.32 Å².